The van der Waals surface area contributed by atoms with Gasteiger partial charge in [-0.2, -0.15) is 0 Å². The summed E-state index contributed by atoms with van der Waals surface area (Å²) in [6.07, 6.45) is 3.10. The van der Waals surface area contributed by atoms with Crippen molar-refractivity contribution in [3.05, 3.63) is 48.3 Å². The molecule has 1 atom stereocenters. The Balaban J connectivity index is 2.06. The number of nitrogens with one attached hydrogen (secondary N) is 1. The van der Waals surface area contributed by atoms with Crippen LogP contribution in [0.15, 0.2) is 47.9 Å². The first-order chi connectivity index (χ1) is 7.77. The molecule has 1 aromatic carbocycles. The van der Waals surface area contributed by atoms with Crippen LogP contribution in [0.3, 0.4) is 0 Å². The zero-order valence-electron chi connectivity index (χ0n) is 8.42. The van der Waals surface area contributed by atoms with E-state index in [1.807, 2.05) is 6.07 Å². The lowest BCUT2D eigenvalue weighted by molar-refractivity contribution is 0.102. The molecule has 0 aliphatic carbocycles. The Morgan fingerprint density at radius 2 is 2.06 bits per heavy atom. The predicted molar refractivity (Wildman–Crippen MR) is 60.6 cm³/mol. The van der Waals surface area contributed by atoms with Gasteiger partial charge in [-0.05, 0) is 0 Å². The number of hydrogen-bond acceptors (Lipinski definition) is 3. The van der Waals surface area contributed by atoms with E-state index in [9.17, 15) is 9.00 Å². The first-order valence-corrected chi connectivity index (χ1v) is 6.05. The van der Waals surface area contributed by atoms with Crippen molar-refractivity contribution in [2.45, 2.75) is 5.16 Å². The van der Waals surface area contributed by atoms with Gasteiger partial charge in [-0.3, -0.25) is 9.00 Å². The Kier molecular flexibility index (Phi) is 3.26. The highest BCUT2D eigenvalue weighted by atomic mass is 32.2. The number of benzene rings is 1. The second-order valence-electron chi connectivity index (χ2n) is 3.17. The first kappa shape index (κ1) is 10.8. The Hall–Kier alpha value is -1.75. The number of nitrogens with zero attached hydrogens (tertiary/aromatic N) is 1. The third-order valence-corrected chi connectivity index (χ3v) is 3.23. The highest BCUT2D eigenvalue weighted by Gasteiger charge is 2.13. The number of hydrogen-bond donors (Lipinski definition) is 1. The monoisotopic (exact) mass is 234 g/mol. The number of Topliss-reactive ketones (excluding diaryl/α,β-unsaturated/α-hetero) is 1. The number of aromatic amines is 1. The molecule has 82 valence electrons. The highest BCUT2D eigenvalue weighted by Crippen LogP contribution is 2.04. The quantitative estimate of drug-likeness (QED) is 0.813. The number of rotatable bonds is 4. The minimum Gasteiger partial charge on any atom is -0.338 e. The average Bonchev–Trinajstić information content (AvgIpc) is 2.83. The van der Waals surface area contributed by atoms with Gasteiger partial charge < -0.3 is 4.98 Å². The Morgan fingerprint density at radius 3 is 2.69 bits per heavy atom. The molecule has 0 fully saturated rings. The van der Waals surface area contributed by atoms with Gasteiger partial charge in [0.1, 0.15) is 0 Å². The van der Waals surface area contributed by atoms with Crippen LogP contribution in [-0.2, 0) is 10.8 Å². The highest BCUT2D eigenvalue weighted by molar-refractivity contribution is 7.85. The molecule has 5 heteroatoms. The van der Waals surface area contributed by atoms with Gasteiger partial charge in [0, 0.05) is 18.0 Å². The lowest BCUT2D eigenvalue weighted by atomic mass is 10.2. The molecule has 0 saturated heterocycles. The molecule has 1 N–H and O–H groups in total. The van der Waals surface area contributed by atoms with Gasteiger partial charge in [0.15, 0.2) is 10.9 Å². The molecule has 0 unspecified atom stereocenters. The third-order valence-electron chi connectivity index (χ3n) is 2.05. The summed E-state index contributed by atoms with van der Waals surface area (Å²) >= 11 is 0. The van der Waals surface area contributed by atoms with E-state index >= 15 is 0 Å². The maximum Gasteiger partial charge on any atom is 0.196 e. The van der Waals surface area contributed by atoms with Gasteiger partial charge in [0.25, 0.3) is 0 Å². The number of aromatic nitrogens is 2. The van der Waals surface area contributed by atoms with Crippen LogP contribution < -0.4 is 0 Å². The molecular formula is C11H10N2O2S. The maximum atomic E-state index is 11.7. The molecule has 0 aliphatic rings. The van der Waals surface area contributed by atoms with Crippen LogP contribution in [0.25, 0.3) is 0 Å². The molecule has 2 rings (SSSR count). The molecule has 0 spiro atoms. The topological polar surface area (TPSA) is 62.8 Å². The van der Waals surface area contributed by atoms with Gasteiger partial charge in [-0.1, -0.05) is 30.3 Å². The Morgan fingerprint density at radius 1 is 1.31 bits per heavy atom. The van der Waals surface area contributed by atoms with Crippen LogP contribution in [0.5, 0.6) is 0 Å². The van der Waals surface area contributed by atoms with Crippen molar-refractivity contribution < 1.29 is 9.00 Å². The van der Waals surface area contributed by atoms with E-state index in [1.165, 1.54) is 6.20 Å². The van der Waals surface area contributed by atoms with E-state index in [1.54, 1.807) is 30.5 Å². The molecular weight excluding hydrogens is 224 g/mol. The second-order valence-corrected chi connectivity index (χ2v) is 4.54. The van der Waals surface area contributed by atoms with E-state index < -0.39 is 10.8 Å². The number of H-pyrrole nitrogens is 1. The molecule has 2 aromatic rings. The molecule has 0 saturated carbocycles. The minimum atomic E-state index is -1.40. The van der Waals surface area contributed by atoms with E-state index in [-0.39, 0.29) is 11.5 Å². The summed E-state index contributed by atoms with van der Waals surface area (Å²) in [7, 11) is -1.40. The molecule has 0 amide bonds. The lowest BCUT2D eigenvalue weighted by Gasteiger charge is -1.99. The van der Waals surface area contributed by atoms with Gasteiger partial charge in [-0.25, -0.2) is 4.98 Å². The number of carbonyl (C=O) groups is 1. The van der Waals surface area contributed by atoms with E-state index in [0.717, 1.165) is 0 Å². The zero-order valence-corrected chi connectivity index (χ0v) is 9.24. The predicted octanol–water partition coefficient (Wildman–Crippen LogP) is 1.40. The molecule has 1 aromatic heterocycles. The molecule has 16 heavy (non-hydrogen) atoms. The summed E-state index contributed by atoms with van der Waals surface area (Å²) in [5, 5.41) is 0.337. The standard InChI is InChI=1S/C11H10N2O2S/c14-10(9-4-2-1-3-5-9)8-16(15)11-12-6-7-13-11/h1-7H,8H2,(H,12,13)/t16-/m1/s1. The van der Waals surface area contributed by atoms with Gasteiger partial charge in [0.2, 0.25) is 0 Å². The second kappa shape index (κ2) is 4.85. The van der Waals surface area contributed by atoms with Crippen LogP contribution in [-0.4, -0.2) is 25.7 Å². The largest absolute Gasteiger partial charge is 0.338 e. The fourth-order valence-electron chi connectivity index (χ4n) is 1.27. The summed E-state index contributed by atoms with van der Waals surface area (Å²) in [6, 6.07) is 8.82. The van der Waals surface area contributed by atoms with Crippen LogP contribution >= 0.6 is 0 Å². The summed E-state index contributed by atoms with van der Waals surface area (Å²) in [6.45, 7) is 0. The van der Waals surface area contributed by atoms with Crippen molar-refractivity contribution in [2.24, 2.45) is 0 Å². The number of ketones is 1. The van der Waals surface area contributed by atoms with Crippen LogP contribution in [0.2, 0.25) is 0 Å². The first-order valence-electron chi connectivity index (χ1n) is 4.73. The van der Waals surface area contributed by atoms with Crippen molar-refractivity contribution >= 4 is 16.6 Å². The minimum absolute atomic E-state index is 0.0441. The normalized spacial score (nSPS) is 12.2. The summed E-state index contributed by atoms with van der Waals surface area (Å²) in [5.74, 6) is -0.187. The van der Waals surface area contributed by atoms with Crippen molar-refractivity contribution in [2.75, 3.05) is 5.75 Å². The smallest absolute Gasteiger partial charge is 0.196 e. The molecule has 1 heterocycles. The number of carbonyl (C=O) groups excluding carboxylic acids is 1. The summed E-state index contributed by atoms with van der Waals surface area (Å²) < 4.78 is 11.7. The van der Waals surface area contributed by atoms with Gasteiger partial charge in [-0.15, -0.1) is 0 Å². The van der Waals surface area contributed by atoms with Crippen molar-refractivity contribution in [1.29, 1.82) is 0 Å². The average molecular weight is 234 g/mol. The third kappa shape index (κ3) is 2.43. The van der Waals surface area contributed by atoms with Gasteiger partial charge in [0.05, 0.1) is 16.6 Å². The van der Waals surface area contributed by atoms with Crippen molar-refractivity contribution in [3.8, 4) is 0 Å². The Bertz CT molecular complexity index is 494. The SMILES string of the molecule is O=C(C[S@@](=O)c1ncc[nH]1)c1ccccc1. The van der Waals surface area contributed by atoms with Crippen molar-refractivity contribution in [3.63, 3.8) is 0 Å². The van der Waals surface area contributed by atoms with Crippen LogP contribution in [0.4, 0.5) is 0 Å². The lowest BCUT2D eigenvalue weighted by Crippen LogP contribution is -2.11. The molecule has 0 bridgehead atoms. The maximum absolute atomic E-state index is 11.7. The summed E-state index contributed by atoms with van der Waals surface area (Å²) in [4.78, 5) is 18.3. The van der Waals surface area contributed by atoms with E-state index in [2.05, 4.69) is 9.97 Å². The van der Waals surface area contributed by atoms with Crippen LogP contribution in [0.1, 0.15) is 10.4 Å². The van der Waals surface area contributed by atoms with Crippen molar-refractivity contribution in [1.82, 2.24) is 9.97 Å². The molecule has 4 nitrogen and oxygen atoms in total. The van der Waals surface area contributed by atoms with Gasteiger partial charge >= 0.3 is 0 Å². The van der Waals surface area contributed by atoms with E-state index in [4.69, 9.17) is 0 Å². The van der Waals surface area contributed by atoms with Crippen LogP contribution in [0, 0.1) is 0 Å². The van der Waals surface area contributed by atoms with E-state index in [0.29, 0.717) is 10.7 Å². The molecule has 0 aliphatic heterocycles. The Labute approximate surface area is 95.2 Å². The summed E-state index contributed by atoms with van der Waals surface area (Å²) in [5.41, 5.74) is 0.572. The number of imidazole rings is 1. The molecule has 0 radical (unpaired) electrons. The fraction of sp³-hybridized carbons (Fsp3) is 0.0909. The zero-order chi connectivity index (χ0) is 11.4. The fourth-order valence-corrected chi connectivity index (χ4v) is 2.19.